The van der Waals surface area contributed by atoms with Crippen molar-refractivity contribution < 1.29 is 12.8 Å². The van der Waals surface area contributed by atoms with Gasteiger partial charge in [-0.05, 0) is 40.5 Å². The van der Waals surface area contributed by atoms with E-state index in [0.29, 0.717) is 10.0 Å². The summed E-state index contributed by atoms with van der Waals surface area (Å²) in [5.74, 6) is -0.815. The number of aromatic nitrogens is 1. The van der Waals surface area contributed by atoms with E-state index in [4.69, 9.17) is 5.73 Å². The molecule has 0 saturated carbocycles. The van der Waals surface area contributed by atoms with Crippen LogP contribution < -0.4 is 10.5 Å². The third kappa shape index (κ3) is 2.91. The van der Waals surface area contributed by atoms with E-state index < -0.39 is 15.8 Å². The predicted molar refractivity (Wildman–Crippen MR) is 78.3 cm³/mol. The Labute approximate surface area is 124 Å². The van der Waals surface area contributed by atoms with Gasteiger partial charge < -0.3 is 5.73 Å². The van der Waals surface area contributed by atoms with Crippen molar-refractivity contribution in [1.82, 2.24) is 4.98 Å². The highest BCUT2D eigenvalue weighted by atomic mass is 79.9. The minimum atomic E-state index is -4.02. The summed E-state index contributed by atoms with van der Waals surface area (Å²) in [5.41, 5.74) is 5.92. The number of aryl methyl sites for hydroxylation is 1. The number of rotatable bonds is 3. The number of halogens is 2. The molecule has 0 atom stereocenters. The van der Waals surface area contributed by atoms with E-state index in [1.54, 1.807) is 13.0 Å². The van der Waals surface area contributed by atoms with E-state index in [1.807, 2.05) is 0 Å². The summed E-state index contributed by atoms with van der Waals surface area (Å²) in [7, 11) is -4.02. The predicted octanol–water partition coefficient (Wildman–Crippen LogP) is 2.67. The molecule has 0 aliphatic heterocycles. The van der Waals surface area contributed by atoms with Crippen molar-refractivity contribution in [2.45, 2.75) is 11.8 Å². The summed E-state index contributed by atoms with van der Waals surface area (Å²) in [5, 5.41) is 0. The maximum Gasteiger partial charge on any atom is 0.265 e. The first kappa shape index (κ1) is 14.7. The fourth-order valence-electron chi connectivity index (χ4n) is 1.60. The topological polar surface area (TPSA) is 85.1 Å². The first-order chi connectivity index (χ1) is 9.31. The number of hydrogen-bond acceptors (Lipinski definition) is 4. The van der Waals surface area contributed by atoms with Crippen molar-refractivity contribution in [1.29, 1.82) is 0 Å². The van der Waals surface area contributed by atoms with E-state index in [1.165, 1.54) is 24.4 Å². The highest BCUT2D eigenvalue weighted by Gasteiger charge is 2.21. The first-order valence-corrected chi connectivity index (χ1v) is 7.78. The first-order valence-electron chi connectivity index (χ1n) is 5.50. The van der Waals surface area contributed by atoms with Crippen LogP contribution in [0.1, 0.15) is 5.56 Å². The van der Waals surface area contributed by atoms with Crippen LogP contribution in [0, 0.1) is 12.7 Å². The number of hydrogen-bond donors (Lipinski definition) is 2. The highest BCUT2D eigenvalue weighted by Crippen LogP contribution is 2.26. The molecule has 20 heavy (non-hydrogen) atoms. The molecular formula is C12H11BrFN3O2S. The summed E-state index contributed by atoms with van der Waals surface area (Å²) in [6.07, 6.45) is 1.38. The van der Waals surface area contributed by atoms with Crippen molar-refractivity contribution in [2.24, 2.45) is 0 Å². The van der Waals surface area contributed by atoms with Gasteiger partial charge in [0.2, 0.25) is 0 Å². The highest BCUT2D eigenvalue weighted by molar-refractivity contribution is 9.10. The van der Waals surface area contributed by atoms with Crippen LogP contribution in [0.4, 0.5) is 15.9 Å². The van der Waals surface area contributed by atoms with Crippen LogP contribution in [0.5, 0.6) is 0 Å². The van der Waals surface area contributed by atoms with Gasteiger partial charge in [-0.25, -0.2) is 17.8 Å². The second-order valence-electron chi connectivity index (χ2n) is 4.07. The molecule has 3 N–H and O–H groups in total. The van der Waals surface area contributed by atoms with Gasteiger partial charge in [0.05, 0.1) is 5.69 Å². The van der Waals surface area contributed by atoms with Crippen LogP contribution in [0.15, 0.2) is 39.8 Å². The second-order valence-corrected chi connectivity index (χ2v) is 6.64. The fourth-order valence-corrected chi connectivity index (χ4v) is 3.33. The molecule has 1 aromatic carbocycles. The lowest BCUT2D eigenvalue weighted by Crippen LogP contribution is -2.17. The number of nitrogens with zero attached hydrogens (tertiary/aromatic N) is 1. The molecule has 5 nitrogen and oxygen atoms in total. The van der Waals surface area contributed by atoms with E-state index in [9.17, 15) is 12.8 Å². The molecule has 0 fully saturated rings. The van der Waals surface area contributed by atoms with Crippen molar-refractivity contribution in [3.8, 4) is 0 Å². The molecule has 0 aliphatic rings. The smallest absolute Gasteiger partial charge is 0.265 e. The molecule has 106 valence electrons. The quantitative estimate of drug-likeness (QED) is 0.881. The lowest BCUT2D eigenvalue weighted by molar-refractivity contribution is 0.598. The number of anilines is 2. The molecule has 2 aromatic rings. The molecule has 0 amide bonds. The minimum absolute atomic E-state index is 0.105. The summed E-state index contributed by atoms with van der Waals surface area (Å²) in [6, 6.07) is 5.58. The molecule has 8 heteroatoms. The molecule has 2 rings (SSSR count). The van der Waals surface area contributed by atoms with Gasteiger partial charge in [-0.3, -0.25) is 4.72 Å². The number of nitrogens with two attached hydrogens (primary N) is 1. The Morgan fingerprint density at radius 2 is 2.10 bits per heavy atom. The molecule has 0 aliphatic carbocycles. The van der Waals surface area contributed by atoms with Gasteiger partial charge in [-0.1, -0.05) is 12.1 Å². The summed E-state index contributed by atoms with van der Waals surface area (Å²) < 4.78 is 40.9. The Morgan fingerprint density at radius 3 is 2.75 bits per heavy atom. The molecule has 1 aromatic heterocycles. The zero-order chi connectivity index (χ0) is 14.9. The number of sulfonamides is 1. The Morgan fingerprint density at radius 1 is 1.40 bits per heavy atom. The number of nitrogen functional groups attached to an aromatic ring is 1. The molecule has 0 radical (unpaired) electrons. The third-order valence-corrected chi connectivity index (χ3v) is 4.41. The molecule has 1 heterocycles. The molecule has 0 bridgehead atoms. The minimum Gasteiger partial charge on any atom is -0.383 e. The number of pyridine rings is 1. The van der Waals surface area contributed by atoms with Gasteiger partial charge in [0.25, 0.3) is 10.0 Å². The largest absolute Gasteiger partial charge is 0.383 e. The van der Waals surface area contributed by atoms with Crippen LogP contribution in [0.2, 0.25) is 0 Å². The zero-order valence-corrected chi connectivity index (χ0v) is 12.8. The Bertz CT molecular complexity index is 745. The van der Waals surface area contributed by atoms with Crippen LogP contribution in [0.25, 0.3) is 0 Å². The van der Waals surface area contributed by atoms with Crippen LogP contribution in [-0.2, 0) is 10.0 Å². The van der Waals surface area contributed by atoms with E-state index in [0.717, 1.165) is 0 Å². The normalized spacial score (nSPS) is 11.3. The monoisotopic (exact) mass is 359 g/mol. The van der Waals surface area contributed by atoms with Crippen molar-refractivity contribution in [3.05, 3.63) is 46.3 Å². The average molecular weight is 360 g/mol. The Hall–Kier alpha value is -1.67. The number of nitrogens with one attached hydrogen (secondary N) is 1. The van der Waals surface area contributed by atoms with E-state index in [-0.39, 0.29) is 16.4 Å². The Kier molecular flexibility index (Phi) is 3.96. The Balaban J connectivity index is 2.49. The average Bonchev–Trinajstić information content (AvgIpc) is 2.37. The summed E-state index contributed by atoms with van der Waals surface area (Å²) in [4.78, 5) is 3.54. The maximum absolute atomic E-state index is 13.7. The lowest BCUT2D eigenvalue weighted by atomic mass is 10.2. The van der Waals surface area contributed by atoms with Crippen molar-refractivity contribution in [2.75, 3.05) is 10.5 Å². The van der Waals surface area contributed by atoms with Crippen LogP contribution >= 0.6 is 15.9 Å². The van der Waals surface area contributed by atoms with Gasteiger partial charge in [0, 0.05) is 10.7 Å². The van der Waals surface area contributed by atoms with Gasteiger partial charge in [-0.2, -0.15) is 0 Å². The van der Waals surface area contributed by atoms with E-state index in [2.05, 4.69) is 25.6 Å². The van der Waals surface area contributed by atoms with E-state index >= 15 is 0 Å². The van der Waals surface area contributed by atoms with Gasteiger partial charge >= 0.3 is 0 Å². The lowest BCUT2D eigenvalue weighted by Gasteiger charge is -2.12. The summed E-state index contributed by atoms with van der Waals surface area (Å²) >= 11 is 3.12. The molecule has 0 unspecified atom stereocenters. The van der Waals surface area contributed by atoms with Gasteiger partial charge in [-0.15, -0.1) is 0 Å². The second kappa shape index (κ2) is 5.37. The van der Waals surface area contributed by atoms with Crippen molar-refractivity contribution >= 4 is 37.5 Å². The van der Waals surface area contributed by atoms with Crippen molar-refractivity contribution in [3.63, 3.8) is 0 Å². The third-order valence-electron chi connectivity index (χ3n) is 2.60. The fraction of sp³-hybridized carbons (Fsp3) is 0.0833. The number of benzene rings is 1. The van der Waals surface area contributed by atoms with Gasteiger partial charge in [0.1, 0.15) is 16.5 Å². The number of para-hydroxylation sites is 1. The summed E-state index contributed by atoms with van der Waals surface area (Å²) in [6.45, 7) is 1.60. The molecular weight excluding hydrogens is 349 g/mol. The standard InChI is InChI=1S/C12H11BrFN3O2S/c1-7-3-2-4-9(14)11(7)17-20(18,19)10-5-8(13)6-16-12(10)15/h2-6,17H,1H3,(H2,15,16). The zero-order valence-electron chi connectivity index (χ0n) is 10.4. The van der Waals surface area contributed by atoms with Gasteiger partial charge in [0.15, 0.2) is 0 Å². The van der Waals surface area contributed by atoms with Crippen LogP contribution in [0.3, 0.4) is 0 Å². The maximum atomic E-state index is 13.7. The molecule has 0 saturated heterocycles. The SMILES string of the molecule is Cc1cccc(F)c1NS(=O)(=O)c1cc(Br)cnc1N. The van der Waals surface area contributed by atoms with Crippen LogP contribution in [-0.4, -0.2) is 13.4 Å². The molecule has 0 spiro atoms.